The highest BCUT2D eigenvalue weighted by Crippen LogP contribution is 2.32. The summed E-state index contributed by atoms with van der Waals surface area (Å²) < 4.78 is 0. The number of Topliss-reactive ketones (excluding diaryl/α,β-unsaturated/α-hetero) is 2. The number of hydrogen-bond donors (Lipinski definition) is 0. The molecule has 1 aromatic rings. The summed E-state index contributed by atoms with van der Waals surface area (Å²) in [5.41, 5.74) is 2.16. The SMILES string of the molecule is O=C(Cc1ccc(CC(=O)C2CC2)cc1)C1CC1. The molecule has 0 saturated heterocycles. The Labute approximate surface area is 107 Å². The summed E-state index contributed by atoms with van der Waals surface area (Å²) in [6, 6.07) is 7.98. The van der Waals surface area contributed by atoms with Crippen LogP contribution in [0, 0.1) is 11.8 Å². The van der Waals surface area contributed by atoms with Gasteiger partial charge in [-0.1, -0.05) is 24.3 Å². The molecular weight excluding hydrogens is 224 g/mol. The monoisotopic (exact) mass is 242 g/mol. The van der Waals surface area contributed by atoms with Gasteiger partial charge in [-0.2, -0.15) is 0 Å². The molecule has 2 aliphatic rings. The number of rotatable bonds is 6. The number of ketones is 2. The smallest absolute Gasteiger partial charge is 0.140 e. The summed E-state index contributed by atoms with van der Waals surface area (Å²) in [6.45, 7) is 0. The average molecular weight is 242 g/mol. The summed E-state index contributed by atoms with van der Waals surface area (Å²) >= 11 is 0. The number of hydrogen-bond acceptors (Lipinski definition) is 2. The van der Waals surface area contributed by atoms with Gasteiger partial charge in [0.15, 0.2) is 0 Å². The Morgan fingerprint density at radius 2 is 1.11 bits per heavy atom. The van der Waals surface area contributed by atoms with E-state index < -0.39 is 0 Å². The van der Waals surface area contributed by atoms with Crippen molar-refractivity contribution in [2.45, 2.75) is 38.5 Å². The van der Waals surface area contributed by atoms with Gasteiger partial charge in [-0.25, -0.2) is 0 Å². The molecule has 0 heterocycles. The first-order chi connectivity index (χ1) is 8.72. The van der Waals surface area contributed by atoms with Crippen LogP contribution in [0.5, 0.6) is 0 Å². The van der Waals surface area contributed by atoms with Gasteiger partial charge >= 0.3 is 0 Å². The molecule has 0 amide bonds. The summed E-state index contributed by atoms with van der Waals surface area (Å²) in [4.78, 5) is 23.4. The van der Waals surface area contributed by atoms with Crippen molar-refractivity contribution in [2.24, 2.45) is 11.8 Å². The third-order valence-electron chi connectivity index (χ3n) is 3.85. The molecule has 0 bridgehead atoms. The molecule has 2 heteroatoms. The van der Waals surface area contributed by atoms with Crippen LogP contribution in [-0.4, -0.2) is 11.6 Å². The van der Waals surface area contributed by atoms with Gasteiger partial charge in [0.2, 0.25) is 0 Å². The fourth-order valence-corrected chi connectivity index (χ4v) is 2.28. The standard InChI is InChI=1S/C16H18O2/c17-15(13-5-6-13)9-11-1-2-12(4-3-11)10-16(18)14-7-8-14/h1-4,13-14H,5-10H2. The Kier molecular flexibility index (Phi) is 3.02. The molecule has 2 fully saturated rings. The summed E-state index contributed by atoms with van der Waals surface area (Å²) in [5, 5.41) is 0. The van der Waals surface area contributed by atoms with E-state index in [2.05, 4.69) is 0 Å². The number of carbonyl (C=O) groups is 2. The highest BCUT2D eigenvalue weighted by molar-refractivity contribution is 5.86. The zero-order valence-corrected chi connectivity index (χ0v) is 10.5. The second-order valence-corrected chi connectivity index (χ2v) is 5.65. The van der Waals surface area contributed by atoms with Gasteiger partial charge in [0.1, 0.15) is 11.6 Å². The summed E-state index contributed by atoms with van der Waals surface area (Å²) in [7, 11) is 0. The van der Waals surface area contributed by atoms with E-state index in [0.717, 1.165) is 36.8 Å². The Hall–Kier alpha value is -1.44. The maximum Gasteiger partial charge on any atom is 0.140 e. The lowest BCUT2D eigenvalue weighted by Crippen LogP contribution is -2.06. The van der Waals surface area contributed by atoms with Crippen molar-refractivity contribution in [3.05, 3.63) is 35.4 Å². The highest BCUT2D eigenvalue weighted by Gasteiger charge is 2.30. The highest BCUT2D eigenvalue weighted by atomic mass is 16.1. The molecule has 0 spiro atoms. The lowest BCUT2D eigenvalue weighted by Gasteiger charge is -2.03. The molecule has 0 N–H and O–H groups in total. The van der Waals surface area contributed by atoms with Crippen molar-refractivity contribution in [3.8, 4) is 0 Å². The summed E-state index contributed by atoms with van der Waals surface area (Å²) in [5.74, 6) is 1.41. The van der Waals surface area contributed by atoms with Crippen LogP contribution in [0.4, 0.5) is 0 Å². The third kappa shape index (κ3) is 2.87. The Balaban J connectivity index is 1.57. The van der Waals surface area contributed by atoms with Crippen molar-refractivity contribution in [3.63, 3.8) is 0 Å². The van der Waals surface area contributed by atoms with Crippen molar-refractivity contribution < 1.29 is 9.59 Å². The zero-order chi connectivity index (χ0) is 12.5. The number of benzene rings is 1. The first kappa shape index (κ1) is 11.6. The van der Waals surface area contributed by atoms with E-state index >= 15 is 0 Å². The van der Waals surface area contributed by atoms with Crippen LogP contribution in [0.25, 0.3) is 0 Å². The van der Waals surface area contributed by atoms with Crippen LogP contribution in [0.3, 0.4) is 0 Å². The molecular formula is C16H18O2. The fourth-order valence-electron chi connectivity index (χ4n) is 2.28. The molecule has 2 aliphatic carbocycles. The van der Waals surface area contributed by atoms with E-state index in [-0.39, 0.29) is 0 Å². The molecule has 0 radical (unpaired) electrons. The van der Waals surface area contributed by atoms with Crippen molar-refractivity contribution in [2.75, 3.05) is 0 Å². The normalized spacial score (nSPS) is 18.7. The molecule has 0 aliphatic heterocycles. The lowest BCUT2D eigenvalue weighted by molar-refractivity contribution is -0.120. The zero-order valence-electron chi connectivity index (χ0n) is 10.5. The minimum Gasteiger partial charge on any atom is -0.299 e. The van der Waals surface area contributed by atoms with E-state index in [1.165, 1.54) is 0 Å². The molecule has 2 saturated carbocycles. The van der Waals surface area contributed by atoms with Crippen molar-refractivity contribution >= 4 is 11.6 Å². The van der Waals surface area contributed by atoms with Crippen LogP contribution in [0.1, 0.15) is 36.8 Å². The number of carbonyl (C=O) groups excluding carboxylic acids is 2. The Bertz CT molecular complexity index is 419. The predicted octanol–water partition coefficient (Wildman–Crippen LogP) is 2.73. The molecule has 1 aromatic carbocycles. The predicted molar refractivity (Wildman–Crippen MR) is 69.3 cm³/mol. The fraction of sp³-hybridized carbons (Fsp3) is 0.500. The van der Waals surface area contributed by atoms with Gasteiger partial charge < -0.3 is 0 Å². The van der Waals surface area contributed by atoms with Gasteiger partial charge in [0.05, 0.1) is 0 Å². The molecule has 94 valence electrons. The lowest BCUT2D eigenvalue weighted by atomic mass is 10.0. The molecule has 3 rings (SSSR count). The first-order valence-electron chi connectivity index (χ1n) is 6.85. The van der Waals surface area contributed by atoms with E-state index in [9.17, 15) is 9.59 Å². The summed E-state index contributed by atoms with van der Waals surface area (Å²) in [6.07, 6.45) is 5.42. The van der Waals surface area contributed by atoms with Crippen LogP contribution in [0.15, 0.2) is 24.3 Å². The molecule has 0 unspecified atom stereocenters. The van der Waals surface area contributed by atoms with Crippen molar-refractivity contribution in [1.29, 1.82) is 0 Å². The Morgan fingerprint density at radius 1 is 0.778 bits per heavy atom. The average Bonchev–Trinajstić information content (AvgIpc) is 3.22. The van der Waals surface area contributed by atoms with Gasteiger partial charge in [-0.05, 0) is 36.8 Å². The van der Waals surface area contributed by atoms with Crippen LogP contribution < -0.4 is 0 Å². The van der Waals surface area contributed by atoms with E-state index in [1.54, 1.807) is 0 Å². The van der Waals surface area contributed by atoms with Gasteiger partial charge in [0.25, 0.3) is 0 Å². The molecule has 0 atom stereocenters. The van der Waals surface area contributed by atoms with E-state index in [1.807, 2.05) is 24.3 Å². The maximum atomic E-state index is 11.7. The van der Waals surface area contributed by atoms with Gasteiger partial charge in [-0.3, -0.25) is 9.59 Å². The van der Waals surface area contributed by atoms with Crippen LogP contribution >= 0.6 is 0 Å². The second kappa shape index (κ2) is 4.68. The minimum absolute atomic E-state index is 0.334. The van der Waals surface area contributed by atoms with Gasteiger partial charge in [0, 0.05) is 24.7 Å². The Morgan fingerprint density at radius 3 is 1.39 bits per heavy atom. The first-order valence-corrected chi connectivity index (χ1v) is 6.85. The van der Waals surface area contributed by atoms with E-state index in [4.69, 9.17) is 0 Å². The minimum atomic E-state index is 0.334. The van der Waals surface area contributed by atoms with Gasteiger partial charge in [-0.15, -0.1) is 0 Å². The van der Waals surface area contributed by atoms with Crippen LogP contribution in [0.2, 0.25) is 0 Å². The molecule has 2 nitrogen and oxygen atoms in total. The molecule has 18 heavy (non-hydrogen) atoms. The quantitative estimate of drug-likeness (QED) is 0.768. The molecule has 0 aromatic heterocycles. The van der Waals surface area contributed by atoms with Crippen molar-refractivity contribution in [1.82, 2.24) is 0 Å². The maximum absolute atomic E-state index is 11.7. The second-order valence-electron chi connectivity index (χ2n) is 5.65. The topological polar surface area (TPSA) is 34.1 Å². The van der Waals surface area contributed by atoms with E-state index in [0.29, 0.717) is 36.2 Å². The van der Waals surface area contributed by atoms with Crippen LogP contribution in [-0.2, 0) is 22.4 Å². The third-order valence-corrected chi connectivity index (χ3v) is 3.85. The largest absolute Gasteiger partial charge is 0.299 e.